The Morgan fingerprint density at radius 3 is 2.43 bits per heavy atom. The first-order valence-corrected chi connectivity index (χ1v) is 11.2. The van der Waals surface area contributed by atoms with Gasteiger partial charge in [0.1, 0.15) is 0 Å². The van der Waals surface area contributed by atoms with E-state index in [2.05, 4.69) is 34.3 Å². The van der Waals surface area contributed by atoms with Crippen molar-refractivity contribution in [2.75, 3.05) is 45.5 Å². The minimum atomic E-state index is 0.0215. The van der Waals surface area contributed by atoms with Gasteiger partial charge < -0.3 is 10.2 Å². The minimum Gasteiger partial charge on any atom is -0.347 e. The van der Waals surface area contributed by atoms with Crippen LogP contribution in [-0.4, -0.2) is 61.2 Å². The van der Waals surface area contributed by atoms with Gasteiger partial charge in [-0.15, -0.1) is 11.8 Å². The third-order valence-corrected chi connectivity index (χ3v) is 6.24. The summed E-state index contributed by atoms with van der Waals surface area (Å²) < 4.78 is 0. The number of rotatable bonds is 8. The summed E-state index contributed by atoms with van der Waals surface area (Å²) >= 11 is 7.55. The van der Waals surface area contributed by atoms with Crippen LogP contribution in [0, 0.1) is 0 Å². The topological polar surface area (TPSA) is 35.6 Å². The number of halogens is 1. The lowest BCUT2D eigenvalue weighted by Crippen LogP contribution is -2.48. The molecule has 1 N–H and O–H groups in total. The summed E-state index contributed by atoms with van der Waals surface area (Å²) in [6, 6.07) is 18.1. The molecule has 1 fully saturated rings. The zero-order valence-corrected chi connectivity index (χ0v) is 17.9. The SMILES string of the molecule is CN1CCN(CC(NC(=O)CSCc2ccc(Cl)cc2)c2ccccc2)CC1. The molecule has 1 heterocycles. The van der Waals surface area contributed by atoms with E-state index in [1.807, 2.05) is 42.5 Å². The average Bonchev–Trinajstić information content (AvgIpc) is 2.71. The summed E-state index contributed by atoms with van der Waals surface area (Å²) in [5.41, 5.74) is 2.34. The van der Waals surface area contributed by atoms with Gasteiger partial charge in [-0.2, -0.15) is 0 Å². The maximum Gasteiger partial charge on any atom is 0.230 e. The third-order valence-electron chi connectivity index (χ3n) is 4.99. The average molecular weight is 418 g/mol. The van der Waals surface area contributed by atoms with Gasteiger partial charge in [0, 0.05) is 43.5 Å². The van der Waals surface area contributed by atoms with Crippen LogP contribution in [0.3, 0.4) is 0 Å². The van der Waals surface area contributed by atoms with Crippen molar-refractivity contribution < 1.29 is 4.79 Å². The molecule has 1 saturated heterocycles. The molecule has 1 aliphatic heterocycles. The molecule has 1 unspecified atom stereocenters. The minimum absolute atomic E-state index is 0.0215. The highest BCUT2D eigenvalue weighted by atomic mass is 35.5. The largest absolute Gasteiger partial charge is 0.347 e. The van der Waals surface area contributed by atoms with Crippen molar-refractivity contribution in [3.8, 4) is 0 Å². The number of thioether (sulfide) groups is 1. The van der Waals surface area contributed by atoms with Crippen LogP contribution in [0.1, 0.15) is 17.2 Å². The molecule has 150 valence electrons. The summed E-state index contributed by atoms with van der Waals surface area (Å²) in [6.45, 7) is 5.09. The lowest BCUT2D eigenvalue weighted by atomic mass is 10.1. The smallest absolute Gasteiger partial charge is 0.230 e. The highest BCUT2D eigenvalue weighted by Gasteiger charge is 2.21. The summed E-state index contributed by atoms with van der Waals surface area (Å²) in [4.78, 5) is 17.4. The fourth-order valence-electron chi connectivity index (χ4n) is 3.29. The number of nitrogens with one attached hydrogen (secondary N) is 1. The monoisotopic (exact) mass is 417 g/mol. The lowest BCUT2D eigenvalue weighted by Gasteiger charge is -2.35. The number of carbonyl (C=O) groups is 1. The molecule has 0 bridgehead atoms. The first-order chi connectivity index (χ1) is 13.6. The zero-order chi connectivity index (χ0) is 19.8. The molecule has 1 atom stereocenters. The van der Waals surface area contributed by atoms with E-state index >= 15 is 0 Å². The van der Waals surface area contributed by atoms with Crippen molar-refractivity contribution in [3.63, 3.8) is 0 Å². The Labute approximate surface area is 177 Å². The van der Waals surface area contributed by atoms with E-state index in [1.165, 1.54) is 5.56 Å². The first kappa shape index (κ1) is 21.2. The number of nitrogens with zero attached hydrogens (tertiary/aromatic N) is 2. The van der Waals surface area contributed by atoms with Crippen LogP contribution in [0.25, 0.3) is 0 Å². The number of benzene rings is 2. The molecule has 0 aliphatic carbocycles. The van der Waals surface area contributed by atoms with Crippen LogP contribution < -0.4 is 5.32 Å². The third kappa shape index (κ3) is 6.82. The van der Waals surface area contributed by atoms with Crippen LogP contribution in [0.4, 0.5) is 0 Å². The normalized spacial score (nSPS) is 16.6. The van der Waals surface area contributed by atoms with Crippen LogP contribution in [-0.2, 0) is 10.5 Å². The summed E-state index contributed by atoms with van der Waals surface area (Å²) in [6.07, 6.45) is 0. The van der Waals surface area contributed by atoms with Gasteiger partial charge in [-0.1, -0.05) is 54.1 Å². The predicted octanol–water partition coefficient (Wildman–Crippen LogP) is 3.68. The molecule has 3 rings (SSSR count). The summed E-state index contributed by atoms with van der Waals surface area (Å²) in [7, 11) is 2.16. The van der Waals surface area contributed by atoms with E-state index in [0.29, 0.717) is 5.75 Å². The molecule has 0 radical (unpaired) electrons. The Kier molecular flexibility index (Phi) is 8.22. The maximum atomic E-state index is 12.6. The molecule has 1 aliphatic rings. The van der Waals surface area contributed by atoms with Gasteiger partial charge >= 0.3 is 0 Å². The standard InChI is InChI=1S/C22H28ClN3OS/c1-25-11-13-26(14-12-25)15-21(19-5-3-2-4-6-19)24-22(27)17-28-16-18-7-9-20(23)10-8-18/h2-10,21H,11-17H2,1H3,(H,24,27). The highest BCUT2D eigenvalue weighted by Crippen LogP contribution is 2.18. The zero-order valence-electron chi connectivity index (χ0n) is 16.3. The Morgan fingerprint density at radius 1 is 1.07 bits per heavy atom. The van der Waals surface area contributed by atoms with Gasteiger partial charge in [0.05, 0.1) is 11.8 Å². The molecule has 0 aromatic heterocycles. The van der Waals surface area contributed by atoms with Crippen molar-refractivity contribution in [1.29, 1.82) is 0 Å². The summed E-state index contributed by atoms with van der Waals surface area (Å²) in [5, 5.41) is 3.99. The number of amides is 1. The Hall–Kier alpha value is -1.53. The molecule has 2 aromatic rings. The van der Waals surface area contributed by atoms with Gasteiger partial charge in [-0.3, -0.25) is 9.69 Å². The molecule has 2 aromatic carbocycles. The second-order valence-electron chi connectivity index (χ2n) is 7.25. The van der Waals surface area contributed by atoms with Crippen molar-refractivity contribution in [3.05, 3.63) is 70.7 Å². The summed E-state index contributed by atoms with van der Waals surface area (Å²) in [5.74, 6) is 1.34. The fraction of sp³-hybridized carbons (Fsp3) is 0.409. The molecule has 1 amide bonds. The Bertz CT molecular complexity index is 733. The molecular formula is C22H28ClN3OS. The van der Waals surface area contributed by atoms with Crippen molar-refractivity contribution in [1.82, 2.24) is 15.1 Å². The number of hydrogen-bond donors (Lipinski definition) is 1. The van der Waals surface area contributed by atoms with Crippen molar-refractivity contribution in [2.24, 2.45) is 0 Å². The van der Waals surface area contributed by atoms with E-state index in [0.717, 1.165) is 49.1 Å². The van der Waals surface area contributed by atoms with Crippen LogP contribution in [0.5, 0.6) is 0 Å². The number of piperazine rings is 1. The molecule has 28 heavy (non-hydrogen) atoms. The number of carbonyl (C=O) groups excluding carboxylic acids is 1. The van der Waals surface area contributed by atoms with Crippen molar-refractivity contribution in [2.45, 2.75) is 11.8 Å². The first-order valence-electron chi connectivity index (χ1n) is 9.67. The van der Waals surface area contributed by atoms with E-state index in [-0.39, 0.29) is 11.9 Å². The van der Waals surface area contributed by atoms with Crippen LogP contribution in [0.2, 0.25) is 5.02 Å². The van der Waals surface area contributed by atoms with E-state index in [4.69, 9.17) is 11.6 Å². The van der Waals surface area contributed by atoms with E-state index in [1.54, 1.807) is 11.8 Å². The fourth-order valence-corrected chi connectivity index (χ4v) is 4.21. The van der Waals surface area contributed by atoms with Gasteiger partial charge in [-0.05, 0) is 30.3 Å². The van der Waals surface area contributed by atoms with Gasteiger partial charge in [0.15, 0.2) is 0 Å². The molecule has 0 saturated carbocycles. The van der Waals surface area contributed by atoms with E-state index in [9.17, 15) is 4.79 Å². The second kappa shape index (κ2) is 10.9. The number of hydrogen-bond acceptors (Lipinski definition) is 4. The molecule has 4 nitrogen and oxygen atoms in total. The molecular weight excluding hydrogens is 390 g/mol. The Balaban J connectivity index is 1.52. The molecule has 6 heteroatoms. The van der Waals surface area contributed by atoms with Gasteiger partial charge in [-0.25, -0.2) is 0 Å². The molecule has 0 spiro atoms. The van der Waals surface area contributed by atoms with E-state index < -0.39 is 0 Å². The van der Waals surface area contributed by atoms with Crippen molar-refractivity contribution >= 4 is 29.3 Å². The van der Waals surface area contributed by atoms with Crippen LogP contribution >= 0.6 is 23.4 Å². The van der Waals surface area contributed by atoms with Crippen LogP contribution in [0.15, 0.2) is 54.6 Å². The number of likely N-dealkylation sites (N-methyl/N-ethyl adjacent to an activating group) is 1. The lowest BCUT2D eigenvalue weighted by molar-refractivity contribution is -0.119. The quantitative estimate of drug-likeness (QED) is 0.710. The van der Waals surface area contributed by atoms with Gasteiger partial charge in [0.2, 0.25) is 5.91 Å². The van der Waals surface area contributed by atoms with Gasteiger partial charge in [0.25, 0.3) is 0 Å². The Morgan fingerprint density at radius 2 is 1.75 bits per heavy atom. The maximum absolute atomic E-state index is 12.6. The predicted molar refractivity (Wildman–Crippen MR) is 119 cm³/mol. The highest BCUT2D eigenvalue weighted by molar-refractivity contribution is 7.99. The second-order valence-corrected chi connectivity index (χ2v) is 8.68.